The highest BCUT2D eigenvalue weighted by molar-refractivity contribution is 6.25. The van der Waals surface area contributed by atoms with E-state index in [2.05, 4.69) is 0 Å². The summed E-state index contributed by atoms with van der Waals surface area (Å²) in [6, 6.07) is 20.8. The fourth-order valence-corrected chi connectivity index (χ4v) is 2.45. The number of aryl methyl sites for hydroxylation is 1. The lowest BCUT2D eigenvalue weighted by Crippen LogP contribution is -2.37. The van der Waals surface area contributed by atoms with Crippen LogP contribution in [0.4, 0.5) is 10.1 Å². The minimum atomic E-state index is -0.460. The molecule has 0 saturated carbocycles. The van der Waals surface area contributed by atoms with Gasteiger partial charge in [-0.25, -0.2) is 9.29 Å². The van der Waals surface area contributed by atoms with Gasteiger partial charge in [-0.05, 0) is 55.5 Å². The minimum absolute atomic E-state index is 0.320. The van der Waals surface area contributed by atoms with Crippen molar-refractivity contribution in [2.75, 3.05) is 4.90 Å². The number of imide groups is 1. The third-order valence-electron chi connectivity index (χ3n) is 3.81. The Kier molecular flexibility index (Phi) is 4.70. The number of hydrogen-bond donors (Lipinski definition) is 0. The number of rotatable bonds is 3. The fourth-order valence-electron chi connectivity index (χ4n) is 2.45. The van der Waals surface area contributed by atoms with Crippen LogP contribution in [0.1, 0.15) is 26.3 Å². The van der Waals surface area contributed by atoms with Gasteiger partial charge in [-0.1, -0.05) is 35.9 Å². The van der Waals surface area contributed by atoms with E-state index < -0.39 is 17.6 Å². The Hall–Kier alpha value is -3.27. The van der Waals surface area contributed by atoms with Crippen molar-refractivity contribution in [1.29, 1.82) is 0 Å². The summed E-state index contributed by atoms with van der Waals surface area (Å²) >= 11 is 0. The van der Waals surface area contributed by atoms with Gasteiger partial charge in [-0.2, -0.15) is 0 Å². The maximum absolute atomic E-state index is 13.3. The molecular formula is C21H16FNO2. The lowest BCUT2D eigenvalue weighted by atomic mass is 10.1. The summed E-state index contributed by atoms with van der Waals surface area (Å²) in [5.74, 6) is -1.35. The number of halogens is 1. The van der Waals surface area contributed by atoms with Gasteiger partial charge in [0.05, 0.1) is 5.69 Å². The Labute approximate surface area is 145 Å². The molecule has 0 atom stereocenters. The Morgan fingerprint density at radius 3 is 1.80 bits per heavy atom. The van der Waals surface area contributed by atoms with Gasteiger partial charge in [0, 0.05) is 11.1 Å². The molecule has 0 aliphatic rings. The second kappa shape index (κ2) is 7.09. The number of anilines is 1. The molecule has 0 bridgehead atoms. The van der Waals surface area contributed by atoms with Crippen molar-refractivity contribution in [3.63, 3.8) is 0 Å². The molecule has 0 aliphatic heterocycles. The first-order valence-corrected chi connectivity index (χ1v) is 7.82. The van der Waals surface area contributed by atoms with Crippen molar-refractivity contribution in [3.05, 3.63) is 101 Å². The van der Waals surface area contributed by atoms with Crippen molar-refractivity contribution < 1.29 is 14.0 Å². The standard InChI is InChI=1S/C21H16FNO2/c1-15-7-9-17(10-8-15)21(25)23(19-13-11-18(22)12-14-19)20(24)16-5-3-2-4-6-16/h2-14H,1H3. The summed E-state index contributed by atoms with van der Waals surface area (Å²) in [6.45, 7) is 1.92. The fraction of sp³-hybridized carbons (Fsp3) is 0.0476. The summed E-state index contributed by atoms with van der Waals surface area (Å²) in [5, 5.41) is 0. The molecule has 3 rings (SSSR count). The minimum Gasteiger partial charge on any atom is -0.268 e. The maximum atomic E-state index is 13.3. The van der Waals surface area contributed by atoms with Crippen molar-refractivity contribution in [2.24, 2.45) is 0 Å². The second-order valence-electron chi connectivity index (χ2n) is 5.65. The number of benzene rings is 3. The lowest BCUT2D eigenvalue weighted by Gasteiger charge is -2.21. The molecule has 0 N–H and O–H groups in total. The smallest absolute Gasteiger partial charge is 0.265 e. The summed E-state index contributed by atoms with van der Waals surface area (Å²) in [7, 11) is 0. The molecule has 25 heavy (non-hydrogen) atoms. The first kappa shape index (κ1) is 16.6. The van der Waals surface area contributed by atoms with Crippen LogP contribution in [0.2, 0.25) is 0 Å². The largest absolute Gasteiger partial charge is 0.268 e. The van der Waals surface area contributed by atoms with Crippen LogP contribution in [0.3, 0.4) is 0 Å². The van der Waals surface area contributed by atoms with Crippen molar-refractivity contribution >= 4 is 17.5 Å². The zero-order valence-corrected chi connectivity index (χ0v) is 13.6. The molecular weight excluding hydrogens is 317 g/mol. The van der Waals surface area contributed by atoms with Gasteiger partial charge >= 0.3 is 0 Å². The summed E-state index contributed by atoms with van der Waals surface area (Å²) in [5.41, 5.74) is 2.10. The normalized spacial score (nSPS) is 10.3. The van der Waals surface area contributed by atoms with Crippen LogP contribution >= 0.6 is 0 Å². The summed E-state index contributed by atoms with van der Waals surface area (Å²) in [6.07, 6.45) is 0. The average molecular weight is 333 g/mol. The number of carbonyl (C=O) groups excluding carboxylic acids is 2. The molecule has 0 heterocycles. The third-order valence-corrected chi connectivity index (χ3v) is 3.81. The topological polar surface area (TPSA) is 37.4 Å². The zero-order chi connectivity index (χ0) is 17.8. The van der Waals surface area contributed by atoms with E-state index in [1.165, 1.54) is 24.3 Å². The number of amides is 2. The van der Waals surface area contributed by atoms with E-state index in [9.17, 15) is 14.0 Å². The zero-order valence-electron chi connectivity index (χ0n) is 13.6. The van der Waals surface area contributed by atoms with Gasteiger partial charge in [-0.15, -0.1) is 0 Å². The quantitative estimate of drug-likeness (QED) is 0.656. The number of hydrogen-bond acceptors (Lipinski definition) is 2. The van der Waals surface area contributed by atoms with E-state index in [1.54, 1.807) is 42.5 Å². The Morgan fingerprint density at radius 1 is 0.720 bits per heavy atom. The van der Waals surface area contributed by atoms with E-state index in [4.69, 9.17) is 0 Å². The molecule has 3 aromatic rings. The predicted octanol–water partition coefficient (Wildman–Crippen LogP) is 4.62. The molecule has 4 heteroatoms. The highest BCUT2D eigenvalue weighted by Gasteiger charge is 2.25. The molecule has 2 amide bonds. The van der Waals surface area contributed by atoms with E-state index in [1.807, 2.05) is 19.1 Å². The maximum Gasteiger partial charge on any atom is 0.265 e. The SMILES string of the molecule is Cc1ccc(C(=O)N(C(=O)c2ccccc2)c2ccc(F)cc2)cc1. The first-order valence-electron chi connectivity index (χ1n) is 7.82. The first-order chi connectivity index (χ1) is 12.1. The summed E-state index contributed by atoms with van der Waals surface area (Å²) in [4.78, 5) is 27.0. The second-order valence-corrected chi connectivity index (χ2v) is 5.65. The monoisotopic (exact) mass is 333 g/mol. The average Bonchev–Trinajstić information content (AvgIpc) is 2.64. The van der Waals surface area contributed by atoms with Crippen molar-refractivity contribution in [1.82, 2.24) is 0 Å². The third kappa shape index (κ3) is 3.63. The number of nitrogens with zero attached hydrogens (tertiary/aromatic N) is 1. The van der Waals surface area contributed by atoms with E-state index in [-0.39, 0.29) is 0 Å². The molecule has 0 aliphatic carbocycles. The van der Waals surface area contributed by atoms with E-state index in [0.29, 0.717) is 16.8 Å². The van der Waals surface area contributed by atoms with Crippen LogP contribution in [-0.2, 0) is 0 Å². The van der Waals surface area contributed by atoms with E-state index >= 15 is 0 Å². The van der Waals surface area contributed by atoms with E-state index in [0.717, 1.165) is 10.5 Å². The molecule has 0 spiro atoms. The highest BCUT2D eigenvalue weighted by atomic mass is 19.1. The molecule has 0 fully saturated rings. The van der Waals surface area contributed by atoms with Gasteiger partial charge in [-0.3, -0.25) is 9.59 Å². The van der Waals surface area contributed by atoms with Crippen LogP contribution in [-0.4, -0.2) is 11.8 Å². The predicted molar refractivity (Wildman–Crippen MR) is 95.2 cm³/mol. The molecule has 0 radical (unpaired) electrons. The van der Waals surface area contributed by atoms with Crippen LogP contribution in [0.5, 0.6) is 0 Å². The van der Waals surface area contributed by atoms with Gasteiger partial charge < -0.3 is 0 Å². The van der Waals surface area contributed by atoms with Crippen LogP contribution in [0, 0.1) is 12.7 Å². The molecule has 3 aromatic carbocycles. The van der Waals surface area contributed by atoms with Gasteiger partial charge in [0.25, 0.3) is 11.8 Å². The van der Waals surface area contributed by atoms with Gasteiger partial charge in [0.2, 0.25) is 0 Å². The Bertz CT molecular complexity index is 887. The highest BCUT2D eigenvalue weighted by Crippen LogP contribution is 2.21. The molecule has 3 nitrogen and oxygen atoms in total. The summed E-state index contributed by atoms with van der Waals surface area (Å²) < 4.78 is 13.3. The molecule has 0 unspecified atom stereocenters. The van der Waals surface area contributed by atoms with Crippen LogP contribution in [0.15, 0.2) is 78.9 Å². The lowest BCUT2D eigenvalue weighted by molar-refractivity contribution is 0.0897. The van der Waals surface area contributed by atoms with Gasteiger partial charge in [0.15, 0.2) is 0 Å². The van der Waals surface area contributed by atoms with Gasteiger partial charge in [0.1, 0.15) is 5.82 Å². The van der Waals surface area contributed by atoms with Crippen LogP contribution < -0.4 is 4.90 Å². The van der Waals surface area contributed by atoms with Crippen LogP contribution in [0.25, 0.3) is 0 Å². The van der Waals surface area contributed by atoms with Crippen molar-refractivity contribution in [2.45, 2.75) is 6.92 Å². The Balaban J connectivity index is 2.05. The van der Waals surface area contributed by atoms with Crippen molar-refractivity contribution in [3.8, 4) is 0 Å². The molecule has 0 saturated heterocycles. The Morgan fingerprint density at radius 2 is 1.24 bits per heavy atom. The molecule has 0 aromatic heterocycles. The number of carbonyl (C=O) groups is 2. The molecule has 124 valence electrons.